The fourth-order valence-electron chi connectivity index (χ4n) is 1.37. The fourth-order valence-corrected chi connectivity index (χ4v) is 1.62. The molecule has 0 radical (unpaired) electrons. The number of hydrogen-bond donors (Lipinski definition) is 2. The molecule has 1 amide bonds. The van der Waals surface area contributed by atoms with E-state index in [0.717, 1.165) is 12.8 Å². The molecular weight excluding hydrogens is 226 g/mol. The van der Waals surface area contributed by atoms with E-state index >= 15 is 0 Å². The first-order valence-corrected chi connectivity index (χ1v) is 5.65. The third kappa shape index (κ3) is 3.03. The fraction of sp³-hybridized carbons (Fsp3) is 0.500. The Kier molecular flexibility index (Phi) is 3.19. The Bertz CT molecular complexity index is 501. The molecule has 0 saturated heterocycles. The molecule has 5 nitrogen and oxygen atoms in total. The summed E-state index contributed by atoms with van der Waals surface area (Å²) < 4.78 is 2.04. The Balaban J connectivity index is 1.90. The lowest BCUT2D eigenvalue weighted by atomic mass is 10.4. The summed E-state index contributed by atoms with van der Waals surface area (Å²) in [7, 11) is 0. The molecule has 16 heavy (non-hydrogen) atoms. The predicted molar refractivity (Wildman–Crippen MR) is 61.7 cm³/mol. The summed E-state index contributed by atoms with van der Waals surface area (Å²) in [5.74, 6) is 0.0376. The molecule has 6 heteroatoms. The van der Waals surface area contributed by atoms with E-state index in [1.54, 1.807) is 10.8 Å². The van der Waals surface area contributed by atoms with Gasteiger partial charge in [0.05, 0.1) is 0 Å². The molecule has 0 atom stereocenters. The first-order valence-electron chi connectivity index (χ1n) is 5.24. The summed E-state index contributed by atoms with van der Waals surface area (Å²) in [6.45, 7) is 0.494. The van der Waals surface area contributed by atoms with Crippen LogP contribution >= 0.6 is 12.2 Å². The van der Waals surface area contributed by atoms with E-state index in [9.17, 15) is 9.59 Å². The molecule has 1 fully saturated rings. The van der Waals surface area contributed by atoms with E-state index < -0.39 is 0 Å². The van der Waals surface area contributed by atoms with Crippen molar-refractivity contribution in [2.45, 2.75) is 31.8 Å². The van der Waals surface area contributed by atoms with E-state index in [0.29, 0.717) is 23.8 Å². The van der Waals surface area contributed by atoms with E-state index in [1.165, 1.54) is 6.07 Å². The van der Waals surface area contributed by atoms with Crippen LogP contribution in [-0.2, 0) is 11.3 Å². The maximum absolute atomic E-state index is 11.4. The quantitative estimate of drug-likeness (QED) is 0.755. The van der Waals surface area contributed by atoms with Crippen LogP contribution in [0.2, 0.25) is 0 Å². The Labute approximate surface area is 97.5 Å². The lowest BCUT2D eigenvalue weighted by molar-refractivity contribution is -0.121. The Morgan fingerprint density at radius 3 is 3.00 bits per heavy atom. The second kappa shape index (κ2) is 4.61. The molecule has 86 valence electrons. The van der Waals surface area contributed by atoms with Crippen LogP contribution < -0.4 is 10.9 Å². The van der Waals surface area contributed by atoms with Crippen LogP contribution in [0.15, 0.2) is 17.1 Å². The van der Waals surface area contributed by atoms with Gasteiger partial charge in [0.25, 0.3) is 5.56 Å². The average molecular weight is 239 g/mol. The minimum Gasteiger partial charge on any atom is -0.353 e. The summed E-state index contributed by atoms with van der Waals surface area (Å²) in [6.07, 6.45) is 4.16. The largest absolute Gasteiger partial charge is 0.353 e. The van der Waals surface area contributed by atoms with Gasteiger partial charge >= 0.3 is 0 Å². The number of carbonyl (C=O) groups excluding carboxylic acids is 1. The van der Waals surface area contributed by atoms with Gasteiger partial charge in [0.15, 0.2) is 4.77 Å². The number of H-pyrrole nitrogens is 1. The van der Waals surface area contributed by atoms with Crippen LogP contribution in [0, 0.1) is 4.77 Å². The van der Waals surface area contributed by atoms with Crippen LogP contribution in [0.4, 0.5) is 0 Å². The third-order valence-corrected chi connectivity index (χ3v) is 2.76. The minimum atomic E-state index is -0.219. The summed E-state index contributed by atoms with van der Waals surface area (Å²) in [5.41, 5.74) is -0.219. The molecule has 1 aliphatic carbocycles. The van der Waals surface area contributed by atoms with Crippen LogP contribution in [-0.4, -0.2) is 21.5 Å². The zero-order valence-electron chi connectivity index (χ0n) is 8.73. The second-order valence-corrected chi connectivity index (χ2v) is 4.28. The van der Waals surface area contributed by atoms with E-state index in [2.05, 4.69) is 10.3 Å². The number of nitrogens with zero attached hydrogens (tertiary/aromatic N) is 1. The highest BCUT2D eigenvalue weighted by Crippen LogP contribution is 2.18. The number of nitrogens with one attached hydrogen (secondary N) is 2. The molecule has 1 aromatic rings. The van der Waals surface area contributed by atoms with Gasteiger partial charge in [-0.15, -0.1) is 0 Å². The maximum Gasteiger partial charge on any atom is 0.251 e. The number of rotatable bonds is 4. The Morgan fingerprint density at radius 2 is 2.38 bits per heavy atom. The SMILES string of the molecule is O=C(CCn1ccc(=O)[nH]c1=S)NC1CC1. The van der Waals surface area contributed by atoms with Crippen molar-refractivity contribution >= 4 is 18.1 Å². The molecular formula is C10H13N3O2S. The molecule has 1 saturated carbocycles. The van der Waals surface area contributed by atoms with Crippen LogP contribution in [0.1, 0.15) is 19.3 Å². The molecule has 2 rings (SSSR count). The van der Waals surface area contributed by atoms with E-state index in [1.807, 2.05) is 0 Å². The molecule has 1 aromatic heterocycles. The van der Waals surface area contributed by atoms with Crippen molar-refractivity contribution in [1.82, 2.24) is 14.9 Å². The van der Waals surface area contributed by atoms with Crippen molar-refractivity contribution in [3.05, 3.63) is 27.4 Å². The molecule has 0 unspecified atom stereocenters. The second-order valence-electron chi connectivity index (χ2n) is 3.90. The van der Waals surface area contributed by atoms with Gasteiger partial charge in [-0.2, -0.15) is 0 Å². The lowest BCUT2D eigenvalue weighted by Crippen LogP contribution is -2.26. The molecule has 1 heterocycles. The molecule has 1 aliphatic rings. The van der Waals surface area contributed by atoms with Gasteiger partial charge in [-0.05, 0) is 25.1 Å². The molecule has 0 aliphatic heterocycles. The smallest absolute Gasteiger partial charge is 0.251 e. The number of aromatic amines is 1. The molecule has 0 aromatic carbocycles. The van der Waals surface area contributed by atoms with Gasteiger partial charge in [-0.3, -0.25) is 14.6 Å². The van der Waals surface area contributed by atoms with Crippen LogP contribution in [0.25, 0.3) is 0 Å². The summed E-state index contributed by atoms with van der Waals surface area (Å²) in [5, 5.41) is 2.90. The maximum atomic E-state index is 11.4. The monoisotopic (exact) mass is 239 g/mol. The highest BCUT2D eigenvalue weighted by Gasteiger charge is 2.22. The number of aromatic nitrogens is 2. The number of aryl methyl sites for hydroxylation is 1. The molecule has 2 N–H and O–H groups in total. The normalized spacial score (nSPS) is 14.8. The first-order chi connectivity index (χ1) is 7.65. The summed E-state index contributed by atoms with van der Waals surface area (Å²) in [4.78, 5) is 24.8. The number of amides is 1. The summed E-state index contributed by atoms with van der Waals surface area (Å²) in [6, 6.07) is 1.78. The topological polar surface area (TPSA) is 66.9 Å². The highest BCUT2D eigenvalue weighted by atomic mass is 32.1. The van der Waals surface area contributed by atoms with Crippen molar-refractivity contribution in [3.8, 4) is 0 Å². The zero-order chi connectivity index (χ0) is 11.5. The molecule has 0 spiro atoms. The standard InChI is InChI=1S/C10H13N3O2S/c14-8(11-7-1-2-7)3-5-13-6-4-9(15)12-10(13)16/h4,6-7H,1-3,5H2,(H,11,14)(H,12,15,16). The van der Waals surface area contributed by atoms with Gasteiger partial charge in [-0.25, -0.2) is 0 Å². The predicted octanol–water partition coefficient (Wildman–Crippen LogP) is 0.575. The van der Waals surface area contributed by atoms with Gasteiger partial charge in [0, 0.05) is 31.3 Å². The Hall–Kier alpha value is -1.43. The van der Waals surface area contributed by atoms with Gasteiger partial charge in [0.1, 0.15) is 0 Å². The van der Waals surface area contributed by atoms with Gasteiger partial charge in [0.2, 0.25) is 5.91 Å². The van der Waals surface area contributed by atoms with E-state index in [-0.39, 0.29) is 11.5 Å². The van der Waals surface area contributed by atoms with Crippen molar-refractivity contribution in [2.75, 3.05) is 0 Å². The van der Waals surface area contributed by atoms with Gasteiger partial charge in [-0.1, -0.05) is 0 Å². The van der Waals surface area contributed by atoms with Crippen molar-refractivity contribution in [2.24, 2.45) is 0 Å². The number of hydrogen-bond acceptors (Lipinski definition) is 3. The zero-order valence-corrected chi connectivity index (χ0v) is 9.55. The number of carbonyl (C=O) groups is 1. The average Bonchev–Trinajstić information content (AvgIpc) is 3.00. The third-order valence-electron chi connectivity index (χ3n) is 2.42. The van der Waals surface area contributed by atoms with Crippen molar-refractivity contribution in [1.29, 1.82) is 0 Å². The molecule has 0 bridgehead atoms. The lowest BCUT2D eigenvalue weighted by Gasteiger charge is -2.06. The van der Waals surface area contributed by atoms with Crippen LogP contribution in [0.5, 0.6) is 0 Å². The van der Waals surface area contributed by atoms with Crippen LogP contribution in [0.3, 0.4) is 0 Å². The van der Waals surface area contributed by atoms with Gasteiger partial charge < -0.3 is 9.88 Å². The van der Waals surface area contributed by atoms with Crippen molar-refractivity contribution in [3.63, 3.8) is 0 Å². The highest BCUT2D eigenvalue weighted by molar-refractivity contribution is 7.71. The van der Waals surface area contributed by atoms with E-state index in [4.69, 9.17) is 12.2 Å². The first kappa shape index (κ1) is 11.1. The summed E-state index contributed by atoms with van der Waals surface area (Å²) >= 11 is 4.97. The Morgan fingerprint density at radius 1 is 1.62 bits per heavy atom. The minimum absolute atomic E-state index is 0.0376. The van der Waals surface area contributed by atoms with Crippen molar-refractivity contribution < 1.29 is 4.79 Å².